The van der Waals surface area contributed by atoms with Gasteiger partial charge in [0.15, 0.2) is 0 Å². The van der Waals surface area contributed by atoms with E-state index in [1.807, 2.05) is 41.3 Å². The third-order valence-corrected chi connectivity index (χ3v) is 7.89. The summed E-state index contributed by atoms with van der Waals surface area (Å²) in [6, 6.07) is 18.0. The van der Waals surface area contributed by atoms with Gasteiger partial charge in [0, 0.05) is 37.3 Å². The minimum Gasteiger partial charge on any atom is -0.497 e. The number of amides is 1. The molecule has 2 aromatic carbocycles. The maximum absolute atomic E-state index is 13.4. The van der Waals surface area contributed by atoms with E-state index in [4.69, 9.17) is 4.74 Å². The highest BCUT2D eigenvalue weighted by Crippen LogP contribution is 2.33. The van der Waals surface area contributed by atoms with Crippen molar-refractivity contribution in [2.24, 2.45) is 5.92 Å². The number of piperazine rings is 1. The second kappa shape index (κ2) is 8.68. The van der Waals surface area contributed by atoms with Crippen molar-refractivity contribution in [3.63, 3.8) is 0 Å². The Morgan fingerprint density at radius 3 is 2.43 bits per heavy atom. The van der Waals surface area contributed by atoms with Crippen LogP contribution < -0.4 is 9.64 Å². The smallest absolute Gasteiger partial charge is 0.226 e. The van der Waals surface area contributed by atoms with E-state index in [0.29, 0.717) is 25.9 Å². The van der Waals surface area contributed by atoms with E-state index in [2.05, 4.69) is 23.1 Å². The summed E-state index contributed by atoms with van der Waals surface area (Å²) in [6.45, 7) is 2.03. The van der Waals surface area contributed by atoms with Crippen molar-refractivity contribution in [2.45, 2.75) is 18.9 Å². The van der Waals surface area contributed by atoms with Gasteiger partial charge < -0.3 is 14.5 Å². The quantitative estimate of drug-likeness (QED) is 0.749. The molecule has 0 radical (unpaired) electrons. The van der Waals surface area contributed by atoms with Crippen molar-refractivity contribution < 1.29 is 17.9 Å². The Bertz CT molecular complexity index is 979. The molecule has 0 saturated carbocycles. The van der Waals surface area contributed by atoms with Crippen molar-refractivity contribution >= 4 is 21.4 Å². The SMILES string of the molecule is COc1cccc(N2CCN(C(=O)C3CCS(=O)(=O)CC3)C(c3ccccc3)C2)c1. The van der Waals surface area contributed by atoms with Crippen LogP contribution in [0.4, 0.5) is 5.69 Å². The lowest BCUT2D eigenvalue weighted by Crippen LogP contribution is -2.53. The van der Waals surface area contributed by atoms with Crippen LogP contribution in [-0.4, -0.2) is 57.5 Å². The minimum atomic E-state index is -2.99. The average molecular weight is 429 g/mol. The molecule has 0 bridgehead atoms. The molecule has 1 atom stereocenters. The van der Waals surface area contributed by atoms with Crippen molar-refractivity contribution in [1.82, 2.24) is 4.90 Å². The molecule has 0 N–H and O–H groups in total. The maximum atomic E-state index is 13.4. The summed E-state index contributed by atoms with van der Waals surface area (Å²) in [4.78, 5) is 17.6. The fraction of sp³-hybridized carbons (Fsp3) is 0.435. The molecule has 160 valence electrons. The second-order valence-electron chi connectivity index (χ2n) is 8.03. The molecule has 2 heterocycles. The molecule has 7 heteroatoms. The summed E-state index contributed by atoms with van der Waals surface area (Å²) in [6.07, 6.45) is 0.859. The predicted octanol–water partition coefficient (Wildman–Crippen LogP) is 2.91. The van der Waals surface area contributed by atoms with E-state index in [1.54, 1.807) is 7.11 Å². The number of ether oxygens (including phenoxy) is 1. The molecule has 2 saturated heterocycles. The molecule has 1 unspecified atom stereocenters. The van der Waals surface area contributed by atoms with Crippen LogP contribution in [0.5, 0.6) is 5.75 Å². The summed E-state index contributed by atoms with van der Waals surface area (Å²) in [5, 5.41) is 0. The van der Waals surface area contributed by atoms with Crippen LogP contribution >= 0.6 is 0 Å². The maximum Gasteiger partial charge on any atom is 0.226 e. The van der Waals surface area contributed by atoms with Gasteiger partial charge in [-0.05, 0) is 30.5 Å². The van der Waals surface area contributed by atoms with Crippen LogP contribution in [0.2, 0.25) is 0 Å². The zero-order valence-electron chi connectivity index (χ0n) is 17.2. The monoisotopic (exact) mass is 428 g/mol. The summed E-state index contributed by atoms with van der Waals surface area (Å²) in [5.41, 5.74) is 2.17. The van der Waals surface area contributed by atoms with Gasteiger partial charge in [-0.1, -0.05) is 36.4 Å². The van der Waals surface area contributed by atoms with Gasteiger partial charge in [-0.2, -0.15) is 0 Å². The number of benzene rings is 2. The lowest BCUT2D eigenvalue weighted by molar-refractivity contribution is -0.138. The first kappa shape index (κ1) is 20.7. The number of anilines is 1. The molecule has 2 aliphatic heterocycles. The molecule has 0 spiro atoms. The van der Waals surface area contributed by atoms with Gasteiger partial charge in [0.1, 0.15) is 15.6 Å². The fourth-order valence-corrected chi connectivity index (χ4v) is 5.91. The number of hydrogen-bond donors (Lipinski definition) is 0. The highest BCUT2D eigenvalue weighted by atomic mass is 32.2. The number of carbonyl (C=O) groups excluding carboxylic acids is 1. The van der Waals surface area contributed by atoms with Crippen molar-refractivity contribution in [1.29, 1.82) is 0 Å². The van der Waals surface area contributed by atoms with Crippen LogP contribution in [0.15, 0.2) is 54.6 Å². The Labute approximate surface area is 178 Å². The zero-order chi connectivity index (χ0) is 21.1. The highest BCUT2D eigenvalue weighted by molar-refractivity contribution is 7.91. The van der Waals surface area contributed by atoms with Gasteiger partial charge in [0.25, 0.3) is 0 Å². The first-order valence-electron chi connectivity index (χ1n) is 10.4. The largest absolute Gasteiger partial charge is 0.497 e. The molecule has 2 aromatic rings. The van der Waals surface area contributed by atoms with E-state index in [9.17, 15) is 13.2 Å². The molecule has 2 fully saturated rings. The van der Waals surface area contributed by atoms with E-state index < -0.39 is 9.84 Å². The number of rotatable bonds is 4. The molecular weight excluding hydrogens is 400 g/mol. The Balaban J connectivity index is 1.57. The summed E-state index contributed by atoms with van der Waals surface area (Å²) < 4.78 is 29.0. The Hall–Kier alpha value is -2.54. The number of hydrogen-bond acceptors (Lipinski definition) is 5. The molecular formula is C23H28N2O4S. The minimum absolute atomic E-state index is 0.0721. The van der Waals surface area contributed by atoms with Crippen LogP contribution in [0.3, 0.4) is 0 Å². The third-order valence-electron chi connectivity index (χ3n) is 6.17. The Morgan fingerprint density at radius 1 is 1.00 bits per heavy atom. The van der Waals surface area contributed by atoms with Crippen LogP contribution in [0.25, 0.3) is 0 Å². The van der Waals surface area contributed by atoms with E-state index >= 15 is 0 Å². The lowest BCUT2D eigenvalue weighted by atomic mass is 9.96. The standard InChI is InChI=1S/C23H28N2O4S/c1-29-21-9-5-8-20(16-21)24-12-13-25(22(17-24)18-6-3-2-4-7-18)23(26)19-10-14-30(27,28)15-11-19/h2-9,16,19,22H,10-15,17H2,1H3. The molecule has 0 aromatic heterocycles. The Kier molecular flexibility index (Phi) is 5.99. The first-order valence-corrected chi connectivity index (χ1v) is 12.2. The summed E-state index contributed by atoms with van der Waals surface area (Å²) in [7, 11) is -1.33. The van der Waals surface area contributed by atoms with Gasteiger partial charge in [0.2, 0.25) is 5.91 Å². The Morgan fingerprint density at radius 2 is 1.73 bits per heavy atom. The van der Waals surface area contributed by atoms with E-state index in [1.165, 1.54) is 0 Å². The van der Waals surface area contributed by atoms with Crippen LogP contribution in [0, 0.1) is 5.92 Å². The van der Waals surface area contributed by atoms with E-state index in [-0.39, 0.29) is 29.4 Å². The first-order chi connectivity index (χ1) is 14.5. The van der Waals surface area contributed by atoms with Crippen LogP contribution in [-0.2, 0) is 14.6 Å². The van der Waals surface area contributed by atoms with Crippen LogP contribution in [0.1, 0.15) is 24.4 Å². The highest BCUT2D eigenvalue weighted by Gasteiger charge is 2.37. The van der Waals surface area contributed by atoms with E-state index in [0.717, 1.165) is 23.5 Å². The second-order valence-corrected chi connectivity index (χ2v) is 10.3. The summed E-state index contributed by atoms with van der Waals surface area (Å²) in [5.74, 6) is 0.921. The lowest BCUT2D eigenvalue weighted by Gasteiger charge is -2.44. The number of methoxy groups -OCH3 is 1. The normalized spacial score (nSPS) is 22.0. The van der Waals surface area contributed by atoms with Crippen molar-refractivity contribution in [3.05, 3.63) is 60.2 Å². The summed E-state index contributed by atoms with van der Waals surface area (Å²) >= 11 is 0. The topological polar surface area (TPSA) is 66.9 Å². The molecule has 30 heavy (non-hydrogen) atoms. The molecule has 1 amide bonds. The predicted molar refractivity (Wildman–Crippen MR) is 117 cm³/mol. The van der Waals surface area contributed by atoms with Crippen molar-refractivity contribution in [2.75, 3.05) is 43.1 Å². The zero-order valence-corrected chi connectivity index (χ0v) is 18.1. The van der Waals surface area contributed by atoms with Gasteiger partial charge in [0.05, 0.1) is 24.7 Å². The van der Waals surface area contributed by atoms with Gasteiger partial charge in [-0.3, -0.25) is 4.79 Å². The van der Waals surface area contributed by atoms with Gasteiger partial charge >= 0.3 is 0 Å². The fourth-order valence-electron chi connectivity index (χ4n) is 4.42. The number of carbonyl (C=O) groups is 1. The van der Waals surface area contributed by atoms with Gasteiger partial charge in [-0.15, -0.1) is 0 Å². The molecule has 6 nitrogen and oxygen atoms in total. The molecule has 0 aliphatic carbocycles. The number of sulfone groups is 1. The number of nitrogens with zero attached hydrogens (tertiary/aromatic N) is 2. The third kappa shape index (κ3) is 4.46. The van der Waals surface area contributed by atoms with Crippen molar-refractivity contribution in [3.8, 4) is 5.75 Å². The average Bonchev–Trinajstić information content (AvgIpc) is 2.79. The van der Waals surface area contributed by atoms with Gasteiger partial charge in [-0.25, -0.2) is 8.42 Å². The molecule has 2 aliphatic rings. The molecule has 4 rings (SSSR count).